The molecule has 0 aromatic rings. The van der Waals surface area contributed by atoms with Gasteiger partial charge in [0, 0.05) is 11.1 Å². The van der Waals surface area contributed by atoms with Crippen LogP contribution in [0.1, 0.15) is 20.8 Å². The maximum Gasteiger partial charge on any atom is 0.459 e. The summed E-state index contributed by atoms with van der Waals surface area (Å²) in [7, 11) is 0. The number of halogens is 5. The quantitative estimate of drug-likeness (QED) is 0.569. The average Bonchev–Trinajstić information content (AvgIpc) is 1.99. The molecule has 0 aliphatic rings. The molecule has 0 aromatic carbocycles. The first-order chi connectivity index (χ1) is 6.80. The summed E-state index contributed by atoms with van der Waals surface area (Å²) < 4.78 is 61.0. The molecule has 0 aromatic heterocycles. The second kappa shape index (κ2) is 4.03. The Morgan fingerprint density at radius 2 is 1.44 bits per heavy atom. The highest BCUT2D eigenvalue weighted by Gasteiger charge is 2.59. The van der Waals surface area contributed by atoms with E-state index in [0.29, 0.717) is 6.08 Å². The monoisotopic (exact) mass is 244 g/mol. The molecule has 0 spiro atoms. The molecule has 0 heterocycles. The van der Waals surface area contributed by atoms with E-state index < -0.39 is 28.9 Å². The second-order valence-electron chi connectivity index (χ2n) is 4.34. The van der Waals surface area contributed by atoms with Crippen LogP contribution in [0.2, 0.25) is 0 Å². The molecule has 2 nitrogen and oxygen atoms in total. The predicted molar refractivity (Wildman–Crippen MR) is 50.5 cm³/mol. The summed E-state index contributed by atoms with van der Waals surface area (Å²) in [5, 5.41) is 7.30. The van der Waals surface area contributed by atoms with E-state index in [1.54, 1.807) is 0 Å². The first kappa shape index (κ1) is 14.9. The van der Waals surface area contributed by atoms with Crippen LogP contribution in [-0.2, 0) is 0 Å². The van der Waals surface area contributed by atoms with E-state index in [2.05, 4.69) is 5.73 Å². The third kappa shape index (κ3) is 3.18. The van der Waals surface area contributed by atoms with Crippen molar-refractivity contribution in [1.82, 2.24) is 0 Å². The van der Waals surface area contributed by atoms with Gasteiger partial charge in [0.2, 0.25) is 0 Å². The topological polar surface area (TPSA) is 49.9 Å². The molecule has 0 radical (unpaired) electrons. The van der Waals surface area contributed by atoms with Crippen molar-refractivity contribution in [2.75, 3.05) is 0 Å². The van der Waals surface area contributed by atoms with Gasteiger partial charge in [-0.1, -0.05) is 20.8 Å². The highest BCUT2D eigenvalue weighted by molar-refractivity contribution is 5.97. The molecular formula is C9H13F5N2. The third-order valence-corrected chi connectivity index (χ3v) is 1.83. The van der Waals surface area contributed by atoms with Gasteiger partial charge in [0.15, 0.2) is 0 Å². The van der Waals surface area contributed by atoms with E-state index in [0.717, 1.165) is 0 Å². The van der Waals surface area contributed by atoms with Crippen molar-refractivity contribution in [2.24, 2.45) is 11.1 Å². The number of nitrogens with one attached hydrogen (secondary N) is 1. The zero-order valence-electron chi connectivity index (χ0n) is 9.04. The SMILES string of the molecule is CC(C)(C)C(=N)/C=C(\N)C(F)(F)C(F)(F)F. The van der Waals surface area contributed by atoms with E-state index in [9.17, 15) is 22.0 Å². The zero-order valence-corrected chi connectivity index (χ0v) is 9.04. The van der Waals surface area contributed by atoms with Gasteiger partial charge in [-0.05, 0) is 6.08 Å². The molecule has 0 aliphatic carbocycles. The number of hydrogen-bond acceptors (Lipinski definition) is 2. The van der Waals surface area contributed by atoms with Gasteiger partial charge in [0.05, 0.1) is 5.70 Å². The van der Waals surface area contributed by atoms with Crippen molar-refractivity contribution >= 4 is 5.71 Å². The normalized spacial score (nSPS) is 15.1. The van der Waals surface area contributed by atoms with Crippen molar-refractivity contribution in [3.63, 3.8) is 0 Å². The zero-order chi connectivity index (χ0) is 13.4. The molecule has 0 unspecified atom stereocenters. The lowest BCUT2D eigenvalue weighted by atomic mass is 9.89. The lowest BCUT2D eigenvalue weighted by molar-refractivity contribution is -0.264. The largest absolute Gasteiger partial charge is 0.459 e. The van der Waals surface area contributed by atoms with Crippen LogP contribution in [0.3, 0.4) is 0 Å². The first-order valence-corrected chi connectivity index (χ1v) is 4.31. The molecule has 16 heavy (non-hydrogen) atoms. The van der Waals surface area contributed by atoms with Crippen molar-refractivity contribution in [3.8, 4) is 0 Å². The van der Waals surface area contributed by atoms with Crippen molar-refractivity contribution in [1.29, 1.82) is 5.41 Å². The number of nitrogens with two attached hydrogens (primary N) is 1. The molecular weight excluding hydrogens is 231 g/mol. The van der Waals surface area contributed by atoms with Crippen LogP contribution in [-0.4, -0.2) is 17.8 Å². The highest BCUT2D eigenvalue weighted by Crippen LogP contribution is 2.39. The van der Waals surface area contributed by atoms with Crippen LogP contribution in [0.5, 0.6) is 0 Å². The smallest absolute Gasteiger partial charge is 0.397 e. The van der Waals surface area contributed by atoms with Gasteiger partial charge in [-0.15, -0.1) is 0 Å². The van der Waals surface area contributed by atoms with Gasteiger partial charge in [0.25, 0.3) is 0 Å². The molecule has 3 N–H and O–H groups in total. The van der Waals surface area contributed by atoms with Gasteiger partial charge in [-0.3, -0.25) is 0 Å². The van der Waals surface area contributed by atoms with Crippen LogP contribution in [0.4, 0.5) is 22.0 Å². The number of hydrogen-bond donors (Lipinski definition) is 2. The molecule has 0 amide bonds. The standard InChI is InChI=1S/C9H13F5N2/c1-7(2,3)5(15)4-6(16)8(10,11)9(12,13)14/h4,15H,16H2,1-3H3/b6-4-,15-5?. The van der Waals surface area contributed by atoms with E-state index in [-0.39, 0.29) is 0 Å². The van der Waals surface area contributed by atoms with Gasteiger partial charge in [-0.25, -0.2) is 0 Å². The second-order valence-corrected chi connectivity index (χ2v) is 4.34. The summed E-state index contributed by atoms with van der Waals surface area (Å²) >= 11 is 0. The highest BCUT2D eigenvalue weighted by atomic mass is 19.4. The van der Waals surface area contributed by atoms with Gasteiger partial charge in [0.1, 0.15) is 0 Å². The maximum absolute atomic E-state index is 12.7. The van der Waals surface area contributed by atoms with Gasteiger partial charge >= 0.3 is 12.1 Å². The molecule has 0 aliphatic heterocycles. The Kier molecular flexibility index (Phi) is 3.74. The van der Waals surface area contributed by atoms with Crippen molar-refractivity contribution < 1.29 is 22.0 Å². The molecule has 0 atom stereocenters. The number of rotatable bonds is 2. The summed E-state index contributed by atoms with van der Waals surface area (Å²) in [5.74, 6) is -5.11. The molecule has 0 rings (SSSR count). The molecule has 0 bridgehead atoms. The summed E-state index contributed by atoms with van der Waals surface area (Å²) in [6, 6.07) is 0. The van der Waals surface area contributed by atoms with Gasteiger partial charge < -0.3 is 11.1 Å². The van der Waals surface area contributed by atoms with Crippen LogP contribution < -0.4 is 5.73 Å². The van der Waals surface area contributed by atoms with E-state index in [1.807, 2.05) is 0 Å². The first-order valence-electron chi connectivity index (χ1n) is 4.31. The molecule has 0 saturated carbocycles. The summed E-state index contributed by atoms with van der Waals surface area (Å²) in [6.45, 7) is 4.51. The Morgan fingerprint density at radius 1 is 1.06 bits per heavy atom. The molecule has 0 fully saturated rings. The minimum Gasteiger partial charge on any atom is -0.397 e. The average molecular weight is 244 g/mol. The minimum atomic E-state index is -5.74. The fourth-order valence-electron chi connectivity index (χ4n) is 0.626. The minimum absolute atomic E-state index is 0.355. The van der Waals surface area contributed by atoms with Crippen LogP contribution in [0, 0.1) is 10.8 Å². The summed E-state index contributed by atoms with van der Waals surface area (Å²) in [4.78, 5) is 0. The predicted octanol–water partition coefficient (Wildman–Crippen LogP) is 3.09. The van der Waals surface area contributed by atoms with Gasteiger partial charge in [-0.2, -0.15) is 22.0 Å². The Hall–Kier alpha value is -1.14. The van der Waals surface area contributed by atoms with E-state index in [4.69, 9.17) is 5.41 Å². The summed E-state index contributed by atoms with van der Waals surface area (Å²) in [6.07, 6.45) is -5.39. The Bertz CT molecular complexity index is 309. The third-order valence-electron chi connectivity index (χ3n) is 1.83. The number of allylic oxidation sites excluding steroid dienone is 2. The fraction of sp³-hybridized carbons (Fsp3) is 0.667. The Balaban J connectivity index is 5.16. The Morgan fingerprint density at radius 3 is 1.69 bits per heavy atom. The van der Waals surface area contributed by atoms with Crippen LogP contribution >= 0.6 is 0 Å². The molecule has 7 heteroatoms. The van der Waals surface area contributed by atoms with Crippen molar-refractivity contribution in [2.45, 2.75) is 32.9 Å². The number of alkyl halides is 5. The lowest BCUT2D eigenvalue weighted by Crippen LogP contribution is -2.42. The van der Waals surface area contributed by atoms with Crippen LogP contribution in [0.25, 0.3) is 0 Å². The van der Waals surface area contributed by atoms with Crippen LogP contribution in [0.15, 0.2) is 11.8 Å². The Labute approximate surface area is 89.8 Å². The molecule has 0 saturated heterocycles. The fourth-order valence-corrected chi connectivity index (χ4v) is 0.626. The lowest BCUT2D eigenvalue weighted by Gasteiger charge is -2.22. The molecule has 94 valence electrons. The van der Waals surface area contributed by atoms with E-state index in [1.165, 1.54) is 20.8 Å². The van der Waals surface area contributed by atoms with Crippen molar-refractivity contribution in [3.05, 3.63) is 11.8 Å². The summed E-state index contributed by atoms with van der Waals surface area (Å²) in [5.41, 5.74) is 1.78. The van der Waals surface area contributed by atoms with E-state index >= 15 is 0 Å². The maximum atomic E-state index is 12.7.